The minimum absolute atomic E-state index is 0.235. The Morgan fingerprint density at radius 2 is 2.16 bits per heavy atom. The van der Waals surface area contributed by atoms with E-state index in [4.69, 9.17) is 14.2 Å². The summed E-state index contributed by atoms with van der Waals surface area (Å²) in [5.41, 5.74) is 2.98. The Hall–Kier alpha value is -1.55. The van der Waals surface area contributed by atoms with Crippen LogP contribution < -0.4 is 9.47 Å². The molecule has 1 heterocycles. The first kappa shape index (κ1) is 13.9. The van der Waals surface area contributed by atoms with Crippen LogP contribution >= 0.6 is 0 Å². The van der Waals surface area contributed by atoms with E-state index < -0.39 is 0 Å². The Morgan fingerprint density at radius 3 is 2.68 bits per heavy atom. The van der Waals surface area contributed by atoms with Gasteiger partial charge in [0.1, 0.15) is 24.2 Å². The number of carbonyl (C=O) groups is 1. The van der Waals surface area contributed by atoms with Crippen molar-refractivity contribution in [2.45, 2.75) is 40.2 Å². The summed E-state index contributed by atoms with van der Waals surface area (Å²) in [6.45, 7) is 8.73. The van der Waals surface area contributed by atoms with Crippen LogP contribution in [0.4, 0.5) is 0 Å². The van der Waals surface area contributed by atoms with E-state index in [0.29, 0.717) is 12.4 Å². The second-order valence-corrected chi connectivity index (χ2v) is 4.84. The first-order valence-corrected chi connectivity index (χ1v) is 6.58. The van der Waals surface area contributed by atoms with E-state index in [9.17, 15) is 4.79 Å². The van der Waals surface area contributed by atoms with Crippen molar-refractivity contribution >= 4 is 5.97 Å². The van der Waals surface area contributed by atoms with Crippen molar-refractivity contribution in [1.82, 2.24) is 0 Å². The van der Waals surface area contributed by atoms with Crippen molar-refractivity contribution in [2.24, 2.45) is 0 Å². The van der Waals surface area contributed by atoms with E-state index in [1.807, 2.05) is 19.9 Å². The fraction of sp³-hybridized carbons (Fsp3) is 0.533. The van der Waals surface area contributed by atoms with Gasteiger partial charge in [-0.15, -0.1) is 0 Å². The van der Waals surface area contributed by atoms with Gasteiger partial charge in [-0.25, -0.2) is 0 Å². The quantitative estimate of drug-likeness (QED) is 0.466. The molecule has 1 aromatic rings. The number of rotatable bonds is 5. The summed E-state index contributed by atoms with van der Waals surface area (Å²) < 4.78 is 16.2. The predicted molar refractivity (Wildman–Crippen MR) is 71.8 cm³/mol. The first-order chi connectivity index (χ1) is 9.02. The van der Waals surface area contributed by atoms with Crippen LogP contribution in [0.2, 0.25) is 0 Å². The van der Waals surface area contributed by atoms with Gasteiger partial charge >= 0.3 is 5.97 Å². The predicted octanol–water partition coefficient (Wildman–Crippen LogP) is 2.57. The summed E-state index contributed by atoms with van der Waals surface area (Å²) in [7, 11) is 0. The summed E-state index contributed by atoms with van der Waals surface area (Å²) in [6.07, 6.45) is 1.07. The Labute approximate surface area is 113 Å². The molecule has 0 saturated carbocycles. The third-order valence-electron chi connectivity index (χ3n) is 3.22. The molecule has 4 heteroatoms. The minimum atomic E-state index is -0.298. The van der Waals surface area contributed by atoms with Crippen molar-refractivity contribution in [3.05, 3.63) is 22.8 Å². The number of aryl methyl sites for hydroxylation is 1. The molecule has 0 bridgehead atoms. The molecule has 1 aliphatic rings. The third-order valence-corrected chi connectivity index (χ3v) is 3.22. The van der Waals surface area contributed by atoms with E-state index in [1.54, 1.807) is 0 Å². The normalized spacial score (nSPS) is 17.2. The largest absolute Gasteiger partial charge is 0.490 e. The fourth-order valence-electron chi connectivity index (χ4n) is 2.18. The molecule has 1 atom stereocenters. The standard InChI is InChI=1S/C15H20O4/c1-5-13-10(3)15(19-11(4)16)9(2)6-14(13)18-8-12-7-17-12/h6,12H,5,7-8H2,1-4H3. The highest BCUT2D eigenvalue weighted by atomic mass is 16.6. The van der Waals surface area contributed by atoms with Gasteiger partial charge in [0.05, 0.1) is 6.61 Å². The van der Waals surface area contributed by atoms with Gasteiger partial charge < -0.3 is 14.2 Å². The number of benzene rings is 1. The number of epoxide rings is 1. The first-order valence-electron chi connectivity index (χ1n) is 6.58. The Bertz CT molecular complexity index is 489. The summed E-state index contributed by atoms with van der Waals surface area (Å²) in [6, 6.07) is 1.94. The van der Waals surface area contributed by atoms with Gasteiger partial charge in [0.25, 0.3) is 0 Å². The topological polar surface area (TPSA) is 48.1 Å². The van der Waals surface area contributed by atoms with Gasteiger partial charge in [0.15, 0.2) is 0 Å². The number of ether oxygens (including phenoxy) is 3. The van der Waals surface area contributed by atoms with Gasteiger partial charge in [-0.05, 0) is 37.5 Å². The van der Waals surface area contributed by atoms with E-state index >= 15 is 0 Å². The molecule has 0 radical (unpaired) electrons. The van der Waals surface area contributed by atoms with Gasteiger partial charge in [-0.1, -0.05) is 6.92 Å². The highest BCUT2D eigenvalue weighted by Crippen LogP contribution is 2.34. The molecule has 0 aromatic heterocycles. The molecule has 4 nitrogen and oxygen atoms in total. The molecule has 0 spiro atoms. The van der Waals surface area contributed by atoms with Crippen molar-refractivity contribution in [3.63, 3.8) is 0 Å². The summed E-state index contributed by atoms with van der Waals surface area (Å²) >= 11 is 0. The van der Waals surface area contributed by atoms with Gasteiger partial charge in [0, 0.05) is 12.5 Å². The highest BCUT2D eigenvalue weighted by Gasteiger charge is 2.24. The summed E-state index contributed by atoms with van der Waals surface area (Å²) in [4.78, 5) is 11.2. The lowest BCUT2D eigenvalue weighted by molar-refractivity contribution is -0.131. The molecule has 1 unspecified atom stereocenters. The van der Waals surface area contributed by atoms with Gasteiger partial charge in [-0.3, -0.25) is 4.79 Å². The van der Waals surface area contributed by atoms with Gasteiger partial charge in [0.2, 0.25) is 0 Å². The zero-order valence-corrected chi connectivity index (χ0v) is 11.9. The zero-order chi connectivity index (χ0) is 14.0. The summed E-state index contributed by atoms with van der Waals surface area (Å²) in [5, 5.41) is 0. The molecular weight excluding hydrogens is 244 g/mol. The number of esters is 1. The number of hydrogen-bond acceptors (Lipinski definition) is 4. The van der Waals surface area contributed by atoms with E-state index in [2.05, 4.69) is 6.92 Å². The Kier molecular flexibility index (Phi) is 4.10. The summed E-state index contributed by atoms with van der Waals surface area (Å²) in [5.74, 6) is 1.22. The van der Waals surface area contributed by atoms with Gasteiger partial charge in [-0.2, -0.15) is 0 Å². The Morgan fingerprint density at radius 1 is 1.47 bits per heavy atom. The molecule has 0 amide bonds. The van der Waals surface area contributed by atoms with Crippen LogP contribution in [0, 0.1) is 13.8 Å². The second-order valence-electron chi connectivity index (χ2n) is 4.84. The maximum Gasteiger partial charge on any atom is 0.308 e. The van der Waals surface area contributed by atoms with Crippen LogP contribution in [0.15, 0.2) is 6.07 Å². The molecule has 1 fully saturated rings. The maximum absolute atomic E-state index is 11.2. The van der Waals surface area contributed by atoms with Crippen LogP contribution in [0.25, 0.3) is 0 Å². The molecule has 1 saturated heterocycles. The lowest BCUT2D eigenvalue weighted by Crippen LogP contribution is -2.10. The SMILES string of the molecule is CCc1c(OCC2CO2)cc(C)c(OC(C)=O)c1C. The number of carbonyl (C=O) groups excluding carboxylic acids is 1. The zero-order valence-electron chi connectivity index (χ0n) is 11.9. The van der Waals surface area contributed by atoms with Crippen LogP contribution in [0.3, 0.4) is 0 Å². The van der Waals surface area contributed by atoms with Crippen LogP contribution in [0.1, 0.15) is 30.5 Å². The van der Waals surface area contributed by atoms with E-state index in [1.165, 1.54) is 6.92 Å². The van der Waals surface area contributed by atoms with Crippen molar-refractivity contribution in [1.29, 1.82) is 0 Å². The van der Waals surface area contributed by atoms with Crippen molar-refractivity contribution < 1.29 is 19.0 Å². The average molecular weight is 264 g/mol. The number of hydrogen-bond donors (Lipinski definition) is 0. The molecule has 2 rings (SSSR count). The molecule has 0 N–H and O–H groups in total. The minimum Gasteiger partial charge on any atom is -0.490 e. The van der Waals surface area contributed by atoms with Crippen molar-refractivity contribution in [2.75, 3.05) is 13.2 Å². The molecule has 1 aliphatic heterocycles. The van der Waals surface area contributed by atoms with Crippen LogP contribution in [-0.4, -0.2) is 25.3 Å². The Balaban J connectivity index is 2.30. The molecule has 104 valence electrons. The van der Waals surface area contributed by atoms with E-state index in [-0.39, 0.29) is 12.1 Å². The lowest BCUT2D eigenvalue weighted by Gasteiger charge is -2.17. The molecule has 19 heavy (non-hydrogen) atoms. The lowest BCUT2D eigenvalue weighted by atomic mass is 10.0. The average Bonchev–Trinajstić information content (AvgIpc) is 3.15. The van der Waals surface area contributed by atoms with Crippen molar-refractivity contribution in [3.8, 4) is 11.5 Å². The monoisotopic (exact) mass is 264 g/mol. The molecule has 0 aliphatic carbocycles. The maximum atomic E-state index is 11.2. The molecular formula is C15H20O4. The third kappa shape index (κ3) is 3.26. The second kappa shape index (κ2) is 5.61. The highest BCUT2D eigenvalue weighted by molar-refractivity contribution is 5.71. The van der Waals surface area contributed by atoms with Crippen LogP contribution in [-0.2, 0) is 16.0 Å². The smallest absolute Gasteiger partial charge is 0.308 e. The van der Waals surface area contributed by atoms with Crippen LogP contribution in [0.5, 0.6) is 11.5 Å². The van der Waals surface area contributed by atoms with E-state index in [0.717, 1.165) is 35.5 Å². The fourth-order valence-corrected chi connectivity index (χ4v) is 2.18. The molecule has 1 aromatic carbocycles.